The van der Waals surface area contributed by atoms with Crippen molar-refractivity contribution in [2.45, 2.75) is 52.9 Å². The molecule has 0 radical (unpaired) electrons. The van der Waals surface area contributed by atoms with Gasteiger partial charge in [-0.05, 0) is 47.3 Å². The number of ether oxygens (including phenoxy) is 1. The summed E-state index contributed by atoms with van der Waals surface area (Å²) >= 11 is 0. The highest BCUT2D eigenvalue weighted by molar-refractivity contribution is 6.70. The first kappa shape index (κ1) is 14.2. The Balaban J connectivity index is 4.31. The smallest absolute Gasteiger partial charge is 0.334 e. The summed E-state index contributed by atoms with van der Waals surface area (Å²) in [6.45, 7) is 13.5. The Bertz CT molecular complexity index is 256. The minimum absolute atomic E-state index is 0.349. The minimum atomic E-state index is -1.62. The summed E-state index contributed by atoms with van der Waals surface area (Å²) in [4.78, 5) is 11.4. The van der Waals surface area contributed by atoms with Crippen LogP contribution in [0.2, 0.25) is 19.6 Å². The number of carbonyl (C=O) groups is 1. The fraction of sp³-hybridized carbons (Fsp3) is 0.727. The molecule has 88 valence electrons. The molecule has 0 aliphatic carbocycles. The number of esters is 1. The summed E-state index contributed by atoms with van der Waals surface area (Å²) in [5.41, 5.74) is -0.451. The van der Waals surface area contributed by atoms with Crippen molar-refractivity contribution in [1.29, 1.82) is 0 Å². The molecule has 0 unspecified atom stereocenters. The predicted molar refractivity (Wildman–Crippen MR) is 64.0 cm³/mol. The van der Waals surface area contributed by atoms with Crippen LogP contribution in [-0.2, 0) is 14.0 Å². The van der Waals surface area contributed by atoms with Crippen LogP contribution < -0.4 is 0 Å². The van der Waals surface area contributed by atoms with Gasteiger partial charge in [0.05, 0.1) is 11.8 Å². The molecule has 0 amide bonds. The third-order valence-corrected chi connectivity index (χ3v) is 2.13. The van der Waals surface area contributed by atoms with Gasteiger partial charge >= 0.3 is 5.97 Å². The van der Waals surface area contributed by atoms with Crippen LogP contribution in [0.3, 0.4) is 0 Å². The topological polar surface area (TPSA) is 35.5 Å². The van der Waals surface area contributed by atoms with Gasteiger partial charge in [-0.25, -0.2) is 4.79 Å². The molecule has 3 nitrogen and oxygen atoms in total. The Morgan fingerprint density at radius 2 is 1.67 bits per heavy atom. The molecule has 0 fully saturated rings. The monoisotopic (exact) mass is 230 g/mol. The molecule has 15 heavy (non-hydrogen) atoms. The summed E-state index contributed by atoms with van der Waals surface area (Å²) in [6, 6.07) is 0. The van der Waals surface area contributed by atoms with Gasteiger partial charge in [0.2, 0.25) is 8.32 Å². The Morgan fingerprint density at radius 1 is 1.20 bits per heavy atom. The second-order valence-electron chi connectivity index (χ2n) is 5.50. The highest BCUT2D eigenvalue weighted by Crippen LogP contribution is 2.12. The van der Waals surface area contributed by atoms with Gasteiger partial charge in [-0.2, -0.15) is 0 Å². The zero-order valence-corrected chi connectivity index (χ0v) is 11.8. The summed E-state index contributed by atoms with van der Waals surface area (Å²) < 4.78 is 10.8. The van der Waals surface area contributed by atoms with Crippen LogP contribution in [0.5, 0.6) is 0 Å². The van der Waals surface area contributed by atoms with Crippen LogP contribution in [0, 0.1) is 0 Å². The van der Waals surface area contributed by atoms with Crippen LogP contribution >= 0.6 is 0 Å². The lowest BCUT2D eigenvalue weighted by molar-refractivity contribution is -0.148. The molecule has 0 saturated carbocycles. The lowest BCUT2D eigenvalue weighted by Crippen LogP contribution is -2.26. The quantitative estimate of drug-likeness (QED) is 0.323. The maximum atomic E-state index is 11.4. The van der Waals surface area contributed by atoms with E-state index in [1.54, 1.807) is 6.92 Å². The zero-order chi connectivity index (χ0) is 12.3. The Hall–Kier alpha value is -0.773. The molecule has 0 rings (SSSR count). The van der Waals surface area contributed by atoms with Gasteiger partial charge in [0, 0.05) is 0 Å². The second-order valence-corrected chi connectivity index (χ2v) is 9.93. The predicted octanol–water partition coefficient (Wildman–Crippen LogP) is 3.08. The van der Waals surface area contributed by atoms with Gasteiger partial charge in [-0.3, -0.25) is 0 Å². The van der Waals surface area contributed by atoms with Crippen molar-refractivity contribution < 1.29 is 14.0 Å². The Kier molecular flexibility index (Phi) is 4.58. The van der Waals surface area contributed by atoms with Crippen molar-refractivity contribution in [2.75, 3.05) is 0 Å². The molecule has 0 N–H and O–H groups in total. The lowest BCUT2D eigenvalue weighted by atomic mass is 10.2. The average molecular weight is 230 g/mol. The maximum Gasteiger partial charge on any atom is 0.334 e. The number of rotatable bonds is 3. The first-order valence-corrected chi connectivity index (χ1v) is 8.51. The molecule has 0 atom stereocenters. The van der Waals surface area contributed by atoms with E-state index < -0.39 is 13.9 Å². The number of hydrogen-bond donors (Lipinski definition) is 0. The van der Waals surface area contributed by atoms with E-state index in [1.807, 2.05) is 20.8 Å². The number of hydrogen-bond acceptors (Lipinski definition) is 3. The van der Waals surface area contributed by atoms with E-state index in [0.29, 0.717) is 5.76 Å². The van der Waals surface area contributed by atoms with E-state index in [9.17, 15) is 4.79 Å². The molecule has 0 aromatic rings. The molecule has 0 bridgehead atoms. The van der Waals surface area contributed by atoms with Gasteiger partial charge in [0.25, 0.3) is 0 Å². The molecule has 0 saturated heterocycles. The van der Waals surface area contributed by atoms with E-state index >= 15 is 0 Å². The summed E-state index contributed by atoms with van der Waals surface area (Å²) in [5, 5.41) is 0. The molecule has 4 heteroatoms. The molecule has 0 heterocycles. The molecule has 0 aliphatic heterocycles. The van der Waals surface area contributed by atoms with Gasteiger partial charge in [-0.15, -0.1) is 0 Å². The van der Waals surface area contributed by atoms with Gasteiger partial charge < -0.3 is 9.16 Å². The fourth-order valence-corrected chi connectivity index (χ4v) is 2.03. The molecular formula is C11H22O3Si. The van der Waals surface area contributed by atoms with E-state index in [0.717, 1.165) is 0 Å². The highest BCUT2D eigenvalue weighted by Gasteiger charge is 2.18. The summed E-state index contributed by atoms with van der Waals surface area (Å²) in [6.07, 6.45) is 1.41. The van der Waals surface area contributed by atoms with Gasteiger partial charge in [0.1, 0.15) is 5.60 Å². The highest BCUT2D eigenvalue weighted by atomic mass is 28.4. The molecule has 0 aromatic heterocycles. The zero-order valence-electron chi connectivity index (χ0n) is 10.8. The third kappa shape index (κ3) is 9.53. The maximum absolute atomic E-state index is 11.4. The standard InChI is InChI=1S/C11H22O3Si/c1-9(14-15(5,6)7)8-10(12)13-11(2,3)4/h8H,1-7H3/b9-8-. The van der Waals surface area contributed by atoms with Crippen molar-refractivity contribution in [1.82, 2.24) is 0 Å². The first-order valence-electron chi connectivity index (χ1n) is 5.10. The second kappa shape index (κ2) is 4.83. The minimum Gasteiger partial charge on any atom is -0.547 e. The Labute approximate surface area is 93.6 Å². The SMILES string of the molecule is C/C(=C/C(=O)OC(C)(C)C)O[Si](C)(C)C. The largest absolute Gasteiger partial charge is 0.547 e. The van der Waals surface area contributed by atoms with E-state index in [1.165, 1.54) is 6.08 Å². The molecule has 0 spiro atoms. The van der Waals surface area contributed by atoms with Crippen molar-refractivity contribution >= 4 is 14.3 Å². The lowest BCUT2D eigenvalue weighted by Gasteiger charge is -2.21. The average Bonchev–Trinajstić information content (AvgIpc) is 1.73. The van der Waals surface area contributed by atoms with E-state index in [4.69, 9.17) is 9.16 Å². The van der Waals surface area contributed by atoms with Gasteiger partial charge in [0.15, 0.2) is 0 Å². The van der Waals surface area contributed by atoms with Crippen molar-refractivity contribution in [2.24, 2.45) is 0 Å². The van der Waals surface area contributed by atoms with Crippen LogP contribution in [0.4, 0.5) is 0 Å². The van der Waals surface area contributed by atoms with Crippen LogP contribution in [0.15, 0.2) is 11.8 Å². The first-order chi connectivity index (χ1) is 6.49. The van der Waals surface area contributed by atoms with Crippen molar-refractivity contribution in [3.8, 4) is 0 Å². The van der Waals surface area contributed by atoms with Gasteiger partial charge in [-0.1, -0.05) is 0 Å². The molecular weight excluding hydrogens is 208 g/mol. The molecule has 0 aliphatic rings. The van der Waals surface area contributed by atoms with E-state index in [-0.39, 0.29) is 5.97 Å². The fourth-order valence-electron chi connectivity index (χ4n) is 1.01. The van der Waals surface area contributed by atoms with E-state index in [2.05, 4.69) is 19.6 Å². The number of allylic oxidation sites excluding steroid dienone is 1. The third-order valence-electron chi connectivity index (χ3n) is 1.20. The van der Waals surface area contributed by atoms with Crippen LogP contribution in [0.1, 0.15) is 27.7 Å². The Morgan fingerprint density at radius 3 is 2.00 bits per heavy atom. The normalized spacial score (nSPS) is 13.7. The van der Waals surface area contributed by atoms with Crippen LogP contribution in [0.25, 0.3) is 0 Å². The van der Waals surface area contributed by atoms with Crippen molar-refractivity contribution in [3.63, 3.8) is 0 Å². The van der Waals surface area contributed by atoms with Crippen molar-refractivity contribution in [3.05, 3.63) is 11.8 Å². The summed E-state index contributed by atoms with van der Waals surface area (Å²) in [7, 11) is -1.62. The molecule has 0 aromatic carbocycles. The number of carbonyl (C=O) groups excluding carboxylic acids is 1. The van der Waals surface area contributed by atoms with Crippen LogP contribution in [-0.4, -0.2) is 19.9 Å². The summed E-state index contributed by atoms with van der Waals surface area (Å²) in [5.74, 6) is 0.279.